The van der Waals surface area contributed by atoms with Crippen LogP contribution in [0.1, 0.15) is 39.0 Å². The SMILES string of the molecule is C[C@H](S)CN(C)C1CCCCC1. The Morgan fingerprint density at radius 2 is 1.92 bits per heavy atom. The van der Waals surface area contributed by atoms with Gasteiger partial charge in [0.2, 0.25) is 0 Å². The van der Waals surface area contributed by atoms with E-state index in [1.807, 2.05) is 0 Å². The maximum atomic E-state index is 4.42. The maximum absolute atomic E-state index is 4.42. The molecule has 0 radical (unpaired) electrons. The molecule has 0 saturated heterocycles. The van der Waals surface area contributed by atoms with E-state index >= 15 is 0 Å². The first-order valence-corrected chi connectivity index (χ1v) is 5.60. The Bertz CT molecular complexity index is 119. The minimum absolute atomic E-state index is 0.511. The fourth-order valence-electron chi connectivity index (χ4n) is 2.09. The van der Waals surface area contributed by atoms with Gasteiger partial charge >= 0.3 is 0 Å². The van der Waals surface area contributed by atoms with Crippen LogP contribution < -0.4 is 0 Å². The van der Waals surface area contributed by atoms with Gasteiger partial charge in [-0.1, -0.05) is 26.2 Å². The summed E-state index contributed by atoms with van der Waals surface area (Å²) < 4.78 is 0. The van der Waals surface area contributed by atoms with Crippen molar-refractivity contribution in [1.29, 1.82) is 0 Å². The fourth-order valence-corrected chi connectivity index (χ4v) is 2.35. The predicted octanol–water partition coefficient (Wildman–Crippen LogP) is 2.57. The summed E-state index contributed by atoms with van der Waals surface area (Å²) in [6, 6.07) is 0.841. The lowest BCUT2D eigenvalue weighted by atomic mass is 9.94. The molecule has 0 aromatic heterocycles. The lowest BCUT2D eigenvalue weighted by molar-refractivity contribution is 0.194. The second-order valence-corrected chi connectivity index (χ2v) is 4.96. The summed E-state index contributed by atoms with van der Waals surface area (Å²) in [6.07, 6.45) is 7.10. The molecule has 0 N–H and O–H groups in total. The van der Waals surface area contributed by atoms with Gasteiger partial charge in [0.15, 0.2) is 0 Å². The van der Waals surface area contributed by atoms with Crippen molar-refractivity contribution in [2.75, 3.05) is 13.6 Å². The van der Waals surface area contributed by atoms with Crippen LogP contribution in [-0.4, -0.2) is 29.8 Å². The van der Waals surface area contributed by atoms with Gasteiger partial charge in [0.25, 0.3) is 0 Å². The van der Waals surface area contributed by atoms with Crippen LogP contribution in [0.25, 0.3) is 0 Å². The van der Waals surface area contributed by atoms with Gasteiger partial charge in [-0.05, 0) is 19.9 Å². The van der Waals surface area contributed by atoms with Gasteiger partial charge in [0.1, 0.15) is 0 Å². The average Bonchev–Trinajstić information content (AvgIpc) is 2.05. The molecule has 0 aromatic rings. The molecule has 12 heavy (non-hydrogen) atoms. The van der Waals surface area contributed by atoms with Gasteiger partial charge < -0.3 is 4.90 Å². The van der Waals surface area contributed by atoms with Crippen molar-refractivity contribution in [2.24, 2.45) is 0 Å². The van der Waals surface area contributed by atoms with Crippen molar-refractivity contribution in [1.82, 2.24) is 4.90 Å². The molecule has 1 fully saturated rings. The number of nitrogens with zero attached hydrogens (tertiary/aromatic N) is 1. The predicted molar refractivity (Wildman–Crippen MR) is 58.0 cm³/mol. The summed E-state index contributed by atoms with van der Waals surface area (Å²) in [7, 11) is 2.24. The fraction of sp³-hybridized carbons (Fsp3) is 1.00. The van der Waals surface area contributed by atoms with E-state index in [0.29, 0.717) is 5.25 Å². The minimum atomic E-state index is 0.511. The molecule has 0 aliphatic heterocycles. The second-order valence-electron chi connectivity index (χ2n) is 4.08. The molecule has 1 nitrogen and oxygen atoms in total. The molecule has 0 spiro atoms. The molecule has 1 aliphatic rings. The van der Waals surface area contributed by atoms with Crippen LogP contribution in [0.5, 0.6) is 0 Å². The summed E-state index contributed by atoms with van der Waals surface area (Å²) in [5, 5.41) is 0.511. The summed E-state index contributed by atoms with van der Waals surface area (Å²) in [4.78, 5) is 2.48. The topological polar surface area (TPSA) is 3.24 Å². The molecule has 1 saturated carbocycles. The molecular formula is C10H21NS. The van der Waals surface area contributed by atoms with Crippen LogP contribution in [0.15, 0.2) is 0 Å². The largest absolute Gasteiger partial charge is 0.302 e. The van der Waals surface area contributed by atoms with Crippen LogP contribution in [-0.2, 0) is 0 Å². The summed E-state index contributed by atoms with van der Waals surface area (Å²) in [5.41, 5.74) is 0. The summed E-state index contributed by atoms with van der Waals surface area (Å²) >= 11 is 4.42. The van der Waals surface area contributed by atoms with Crippen molar-refractivity contribution >= 4 is 12.6 Å². The quantitative estimate of drug-likeness (QED) is 0.665. The number of thiol groups is 1. The maximum Gasteiger partial charge on any atom is 0.0116 e. The second kappa shape index (κ2) is 5.13. The molecule has 1 rings (SSSR count). The highest BCUT2D eigenvalue weighted by atomic mass is 32.1. The van der Waals surface area contributed by atoms with E-state index in [9.17, 15) is 0 Å². The monoisotopic (exact) mass is 187 g/mol. The van der Waals surface area contributed by atoms with E-state index in [2.05, 4.69) is 31.5 Å². The Kier molecular flexibility index (Phi) is 4.44. The van der Waals surface area contributed by atoms with E-state index in [4.69, 9.17) is 0 Å². The Morgan fingerprint density at radius 3 is 2.42 bits per heavy atom. The van der Waals surface area contributed by atoms with Gasteiger partial charge in [0.05, 0.1) is 0 Å². The van der Waals surface area contributed by atoms with Gasteiger partial charge in [-0.3, -0.25) is 0 Å². The van der Waals surface area contributed by atoms with E-state index in [0.717, 1.165) is 12.6 Å². The van der Waals surface area contributed by atoms with E-state index < -0.39 is 0 Å². The van der Waals surface area contributed by atoms with Crippen LogP contribution in [0.4, 0.5) is 0 Å². The molecule has 1 aliphatic carbocycles. The van der Waals surface area contributed by atoms with E-state index in [-0.39, 0.29) is 0 Å². The normalized spacial score (nSPS) is 23.0. The van der Waals surface area contributed by atoms with E-state index in [1.54, 1.807) is 0 Å². The highest BCUT2D eigenvalue weighted by molar-refractivity contribution is 7.80. The Labute approximate surface area is 81.9 Å². The standard InChI is InChI=1S/C10H21NS/c1-9(12)8-11(2)10-6-4-3-5-7-10/h9-10,12H,3-8H2,1-2H3/t9-/m0/s1. The zero-order chi connectivity index (χ0) is 8.97. The lowest BCUT2D eigenvalue weighted by Crippen LogP contribution is -2.36. The average molecular weight is 187 g/mol. The first-order valence-electron chi connectivity index (χ1n) is 5.08. The number of rotatable bonds is 3. The van der Waals surface area contributed by atoms with Gasteiger partial charge in [-0.2, -0.15) is 12.6 Å². The lowest BCUT2D eigenvalue weighted by Gasteiger charge is -2.31. The molecular weight excluding hydrogens is 166 g/mol. The Hall–Kier alpha value is 0.310. The molecule has 1 atom stereocenters. The third-order valence-electron chi connectivity index (χ3n) is 2.75. The number of hydrogen-bond acceptors (Lipinski definition) is 2. The van der Waals surface area contributed by atoms with Crippen LogP contribution in [0, 0.1) is 0 Å². The molecule has 0 unspecified atom stereocenters. The van der Waals surface area contributed by atoms with Gasteiger partial charge in [-0.25, -0.2) is 0 Å². The molecule has 0 amide bonds. The number of hydrogen-bond donors (Lipinski definition) is 1. The van der Waals surface area contributed by atoms with Crippen molar-refractivity contribution in [3.05, 3.63) is 0 Å². The van der Waals surface area contributed by atoms with Crippen molar-refractivity contribution in [3.8, 4) is 0 Å². The van der Waals surface area contributed by atoms with Crippen LogP contribution in [0.2, 0.25) is 0 Å². The first kappa shape index (κ1) is 10.4. The first-order chi connectivity index (χ1) is 5.70. The van der Waals surface area contributed by atoms with Crippen LogP contribution >= 0.6 is 12.6 Å². The van der Waals surface area contributed by atoms with Gasteiger partial charge in [0, 0.05) is 17.8 Å². The molecule has 2 heteroatoms. The van der Waals surface area contributed by atoms with Gasteiger partial charge in [-0.15, -0.1) is 0 Å². The minimum Gasteiger partial charge on any atom is -0.302 e. The zero-order valence-corrected chi connectivity index (χ0v) is 9.19. The highest BCUT2D eigenvalue weighted by Crippen LogP contribution is 2.21. The Balaban J connectivity index is 2.24. The smallest absolute Gasteiger partial charge is 0.0116 e. The molecule has 72 valence electrons. The van der Waals surface area contributed by atoms with Crippen LogP contribution in [0.3, 0.4) is 0 Å². The molecule has 0 aromatic carbocycles. The van der Waals surface area contributed by atoms with Crippen molar-refractivity contribution in [3.63, 3.8) is 0 Å². The van der Waals surface area contributed by atoms with Crippen molar-refractivity contribution < 1.29 is 0 Å². The third kappa shape index (κ3) is 3.36. The molecule has 0 heterocycles. The third-order valence-corrected chi connectivity index (χ3v) is 2.91. The zero-order valence-electron chi connectivity index (χ0n) is 8.29. The molecule has 0 bridgehead atoms. The highest BCUT2D eigenvalue weighted by Gasteiger charge is 2.18. The summed E-state index contributed by atoms with van der Waals surface area (Å²) in [5.74, 6) is 0. The van der Waals surface area contributed by atoms with E-state index in [1.165, 1.54) is 32.1 Å². The Morgan fingerprint density at radius 1 is 1.33 bits per heavy atom. The van der Waals surface area contributed by atoms with Crippen molar-refractivity contribution in [2.45, 2.75) is 50.3 Å². The summed E-state index contributed by atoms with van der Waals surface area (Å²) in [6.45, 7) is 3.30.